The lowest BCUT2D eigenvalue weighted by atomic mass is 10.1. The number of aromatic nitrogens is 3. The molecular formula is C20H21N5O2. The zero-order valence-corrected chi connectivity index (χ0v) is 15.3. The first-order valence-corrected chi connectivity index (χ1v) is 8.78. The van der Waals surface area contributed by atoms with Gasteiger partial charge in [0.05, 0.1) is 14.2 Å². The van der Waals surface area contributed by atoms with Crippen LogP contribution in [0.2, 0.25) is 0 Å². The van der Waals surface area contributed by atoms with E-state index in [0.717, 1.165) is 36.4 Å². The monoisotopic (exact) mass is 363 g/mol. The van der Waals surface area contributed by atoms with Crippen LogP contribution in [-0.2, 0) is 0 Å². The number of hydrogen-bond acceptors (Lipinski definition) is 6. The Morgan fingerprint density at radius 3 is 2.63 bits per heavy atom. The molecule has 27 heavy (non-hydrogen) atoms. The molecule has 1 aromatic carbocycles. The second-order valence-corrected chi connectivity index (χ2v) is 6.39. The summed E-state index contributed by atoms with van der Waals surface area (Å²) in [7, 11) is 3.23. The fourth-order valence-electron chi connectivity index (χ4n) is 3.35. The summed E-state index contributed by atoms with van der Waals surface area (Å²) in [5.41, 5.74) is 8.29. The van der Waals surface area contributed by atoms with Crippen molar-refractivity contribution in [1.82, 2.24) is 19.7 Å². The molecule has 1 atom stereocenters. The van der Waals surface area contributed by atoms with Crippen molar-refractivity contribution in [2.24, 2.45) is 0 Å². The van der Waals surface area contributed by atoms with Crippen LogP contribution in [0.15, 0.2) is 30.6 Å². The SMILES string of the molecule is COc1cc(C#Cc2nc([C@H]3CCNC3)n3ccnc(N)c23)cc(OC)c1. The Balaban J connectivity index is 1.80. The van der Waals surface area contributed by atoms with E-state index < -0.39 is 0 Å². The maximum atomic E-state index is 6.13. The minimum Gasteiger partial charge on any atom is -0.497 e. The highest BCUT2D eigenvalue weighted by molar-refractivity contribution is 5.73. The first kappa shape index (κ1) is 17.2. The molecule has 0 bridgehead atoms. The van der Waals surface area contributed by atoms with Gasteiger partial charge < -0.3 is 20.5 Å². The highest BCUT2D eigenvalue weighted by Crippen LogP contribution is 2.26. The molecule has 0 aliphatic carbocycles. The van der Waals surface area contributed by atoms with Gasteiger partial charge in [-0.05, 0) is 31.0 Å². The van der Waals surface area contributed by atoms with Crippen molar-refractivity contribution in [3.8, 4) is 23.3 Å². The fourth-order valence-corrected chi connectivity index (χ4v) is 3.35. The van der Waals surface area contributed by atoms with Gasteiger partial charge in [0.15, 0.2) is 5.82 Å². The van der Waals surface area contributed by atoms with Crippen LogP contribution >= 0.6 is 0 Å². The van der Waals surface area contributed by atoms with Gasteiger partial charge in [-0.25, -0.2) is 9.97 Å². The van der Waals surface area contributed by atoms with Crippen LogP contribution in [0.5, 0.6) is 11.5 Å². The fraction of sp³-hybridized carbons (Fsp3) is 0.300. The summed E-state index contributed by atoms with van der Waals surface area (Å²) in [4.78, 5) is 9.01. The highest BCUT2D eigenvalue weighted by Gasteiger charge is 2.23. The van der Waals surface area contributed by atoms with Gasteiger partial charge in [-0.1, -0.05) is 5.92 Å². The lowest BCUT2D eigenvalue weighted by Crippen LogP contribution is -2.10. The average Bonchev–Trinajstić information content (AvgIpc) is 3.34. The number of nitrogens with two attached hydrogens (primary N) is 1. The number of imidazole rings is 1. The quantitative estimate of drug-likeness (QED) is 0.690. The lowest BCUT2D eigenvalue weighted by molar-refractivity contribution is 0.394. The van der Waals surface area contributed by atoms with E-state index in [1.807, 2.05) is 28.8 Å². The van der Waals surface area contributed by atoms with Crippen LogP contribution in [0, 0.1) is 11.8 Å². The Bertz CT molecular complexity index is 1020. The molecule has 138 valence electrons. The van der Waals surface area contributed by atoms with E-state index in [0.29, 0.717) is 28.9 Å². The number of hydrogen-bond donors (Lipinski definition) is 2. The number of nitrogen functional groups attached to an aromatic ring is 1. The predicted molar refractivity (Wildman–Crippen MR) is 103 cm³/mol. The maximum Gasteiger partial charge on any atom is 0.150 e. The summed E-state index contributed by atoms with van der Waals surface area (Å²) in [6.07, 6.45) is 4.63. The molecule has 0 unspecified atom stereocenters. The summed E-state index contributed by atoms with van der Waals surface area (Å²) in [6, 6.07) is 5.53. The minimum atomic E-state index is 0.340. The molecule has 3 heterocycles. The Morgan fingerprint density at radius 1 is 1.19 bits per heavy atom. The molecule has 0 saturated carbocycles. The van der Waals surface area contributed by atoms with Gasteiger partial charge in [0.25, 0.3) is 0 Å². The second-order valence-electron chi connectivity index (χ2n) is 6.39. The van der Waals surface area contributed by atoms with Crippen LogP contribution < -0.4 is 20.5 Å². The smallest absolute Gasteiger partial charge is 0.150 e. The zero-order chi connectivity index (χ0) is 18.8. The van der Waals surface area contributed by atoms with Gasteiger partial charge in [-0.3, -0.25) is 4.40 Å². The normalized spacial score (nSPS) is 16.1. The van der Waals surface area contributed by atoms with Crippen molar-refractivity contribution in [2.75, 3.05) is 33.0 Å². The van der Waals surface area contributed by atoms with Crippen LogP contribution in [0.3, 0.4) is 0 Å². The molecule has 1 aliphatic rings. The van der Waals surface area contributed by atoms with Gasteiger partial charge in [0, 0.05) is 36.5 Å². The molecule has 2 aromatic heterocycles. The Labute approximate surface area is 157 Å². The summed E-state index contributed by atoms with van der Waals surface area (Å²) >= 11 is 0. The van der Waals surface area contributed by atoms with E-state index in [2.05, 4.69) is 22.1 Å². The first-order chi connectivity index (χ1) is 13.2. The van der Waals surface area contributed by atoms with Crippen LogP contribution in [-0.4, -0.2) is 41.7 Å². The van der Waals surface area contributed by atoms with Gasteiger partial charge in [0.1, 0.15) is 28.5 Å². The van der Waals surface area contributed by atoms with Gasteiger partial charge >= 0.3 is 0 Å². The van der Waals surface area contributed by atoms with Crippen molar-refractivity contribution < 1.29 is 9.47 Å². The Hall–Kier alpha value is -3.24. The van der Waals surface area contributed by atoms with Crippen molar-refractivity contribution in [3.63, 3.8) is 0 Å². The van der Waals surface area contributed by atoms with E-state index in [1.165, 1.54) is 0 Å². The van der Waals surface area contributed by atoms with E-state index >= 15 is 0 Å². The van der Waals surface area contributed by atoms with Gasteiger partial charge in [-0.2, -0.15) is 0 Å². The molecule has 0 spiro atoms. The lowest BCUT2D eigenvalue weighted by Gasteiger charge is -2.06. The number of nitrogens with one attached hydrogen (secondary N) is 1. The molecule has 3 aromatic rings. The Kier molecular flexibility index (Phi) is 4.57. The third-order valence-corrected chi connectivity index (χ3v) is 4.71. The van der Waals surface area contributed by atoms with Crippen molar-refractivity contribution >= 4 is 11.3 Å². The Morgan fingerprint density at radius 2 is 1.96 bits per heavy atom. The van der Waals surface area contributed by atoms with E-state index in [4.69, 9.17) is 20.2 Å². The molecular weight excluding hydrogens is 342 g/mol. The summed E-state index contributed by atoms with van der Waals surface area (Å²) < 4.78 is 12.6. The summed E-state index contributed by atoms with van der Waals surface area (Å²) in [5.74, 6) is 9.42. The first-order valence-electron chi connectivity index (χ1n) is 8.78. The van der Waals surface area contributed by atoms with Crippen LogP contribution in [0.1, 0.15) is 29.4 Å². The summed E-state index contributed by atoms with van der Waals surface area (Å²) in [5, 5.41) is 3.38. The molecule has 4 rings (SSSR count). The number of anilines is 1. The van der Waals surface area contributed by atoms with E-state index in [9.17, 15) is 0 Å². The molecule has 7 nitrogen and oxygen atoms in total. The van der Waals surface area contributed by atoms with E-state index in [1.54, 1.807) is 20.4 Å². The molecule has 1 aliphatic heterocycles. The standard InChI is InChI=1S/C20H21N5O2/c1-26-15-9-13(10-16(11-15)27-2)3-4-17-18-19(21)23-7-8-25(18)20(24-17)14-5-6-22-12-14/h7-11,14,22H,5-6,12H2,1-2H3,(H2,21,23)/t14-/m0/s1. The molecule has 0 radical (unpaired) electrons. The largest absolute Gasteiger partial charge is 0.497 e. The van der Waals surface area contributed by atoms with Crippen LogP contribution in [0.25, 0.3) is 5.52 Å². The molecule has 7 heteroatoms. The third-order valence-electron chi connectivity index (χ3n) is 4.71. The maximum absolute atomic E-state index is 6.13. The number of nitrogens with zero attached hydrogens (tertiary/aromatic N) is 3. The van der Waals surface area contributed by atoms with Gasteiger partial charge in [0.2, 0.25) is 0 Å². The van der Waals surface area contributed by atoms with E-state index in [-0.39, 0.29) is 0 Å². The minimum absolute atomic E-state index is 0.340. The zero-order valence-electron chi connectivity index (χ0n) is 15.3. The number of methoxy groups -OCH3 is 2. The third kappa shape index (κ3) is 3.27. The number of benzene rings is 1. The van der Waals surface area contributed by atoms with Crippen molar-refractivity contribution in [3.05, 3.63) is 47.7 Å². The summed E-state index contributed by atoms with van der Waals surface area (Å²) in [6.45, 7) is 1.89. The molecule has 1 fully saturated rings. The van der Waals surface area contributed by atoms with Crippen LogP contribution in [0.4, 0.5) is 5.82 Å². The molecule has 1 saturated heterocycles. The van der Waals surface area contributed by atoms with Gasteiger partial charge in [-0.15, -0.1) is 0 Å². The predicted octanol–water partition coefficient (Wildman–Crippen LogP) is 1.81. The van der Waals surface area contributed by atoms with Crippen molar-refractivity contribution in [1.29, 1.82) is 0 Å². The van der Waals surface area contributed by atoms with Crippen molar-refractivity contribution in [2.45, 2.75) is 12.3 Å². The average molecular weight is 363 g/mol. The number of rotatable bonds is 3. The number of fused-ring (bicyclic) bond motifs is 1. The highest BCUT2D eigenvalue weighted by atomic mass is 16.5. The topological polar surface area (TPSA) is 86.7 Å². The second kappa shape index (κ2) is 7.17. The molecule has 3 N–H and O–H groups in total. The number of ether oxygens (including phenoxy) is 2. The molecule has 0 amide bonds.